The highest BCUT2D eigenvalue weighted by Gasteiger charge is 1.90. The predicted molar refractivity (Wildman–Crippen MR) is 27.0 cm³/mol. The molecule has 7 heavy (non-hydrogen) atoms. The second-order valence-corrected chi connectivity index (χ2v) is 1.61. The molecule has 0 aromatic heterocycles. The Hall–Kier alpha value is -0.0800. The smallest absolute Gasteiger partial charge is 0.226 e. The molecule has 0 aliphatic heterocycles. The van der Waals surface area contributed by atoms with Gasteiger partial charge in [-0.1, -0.05) is 11.6 Å². The molecule has 0 rings (SSSR count). The molecule has 0 aromatic rings. The SMILES string of the molecule is CC(Cl)OC[C]=O. The Labute approximate surface area is 47.4 Å². The minimum Gasteiger partial charge on any atom is -0.355 e. The maximum Gasteiger partial charge on any atom is 0.226 e. The summed E-state index contributed by atoms with van der Waals surface area (Å²) in [7, 11) is 0. The molecule has 2 nitrogen and oxygen atoms in total. The third-order valence-corrected chi connectivity index (χ3v) is 0.498. The van der Waals surface area contributed by atoms with Crippen LogP contribution in [0.4, 0.5) is 0 Å². The number of halogens is 1. The lowest BCUT2D eigenvalue weighted by Gasteiger charge is -1.96. The molecule has 0 bridgehead atoms. The fraction of sp³-hybridized carbons (Fsp3) is 0.750. The summed E-state index contributed by atoms with van der Waals surface area (Å²) in [5.74, 6) is 0. The Morgan fingerprint density at radius 2 is 2.57 bits per heavy atom. The van der Waals surface area contributed by atoms with Crippen molar-refractivity contribution in [3.05, 3.63) is 0 Å². The Morgan fingerprint density at radius 1 is 2.00 bits per heavy atom. The van der Waals surface area contributed by atoms with Gasteiger partial charge in [0.25, 0.3) is 0 Å². The first-order chi connectivity index (χ1) is 3.27. The Bertz CT molecular complexity index is 53.7. The van der Waals surface area contributed by atoms with Gasteiger partial charge in [-0.05, 0) is 6.92 Å². The van der Waals surface area contributed by atoms with Gasteiger partial charge >= 0.3 is 0 Å². The van der Waals surface area contributed by atoms with Crippen LogP contribution in [0, 0.1) is 0 Å². The largest absolute Gasteiger partial charge is 0.355 e. The van der Waals surface area contributed by atoms with E-state index in [0.29, 0.717) is 0 Å². The number of hydrogen-bond acceptors (Lipinski definition) is 2. The average molecular weight is 122 g/mol. The zero-order valence-electron chi connectivity index (χ0n) is 3.98. The van der Waals surface area contributed by atoms with Crippen LogP contribution in [0.15, 0.2) is 0 Å². The molecule has 0 heterocycles. The molecule has 0 spiro atoms. The summed E-state index contributed by atoms with van der Waals surface area (Å²) in [6, 6.07) is 0. The summed E-state index contributed by atoms with van der Waals surface area (Å²) >= 11 is 5.26. The summed E-state index contributed by atoms with van der Waals surface area (Å²) < 4.78 is 4.53. The van der Waals surface area contributed by atoms with Gasteiger partial charge in [0.05, 0.1) is 0 Å². The van der Waals surface area contributed by atoms with Crippen molar-refractivity contribution >= 4 is 17.9 Å². The van der Waals surface area contributed by atoms with Crippen molar-refractivity contribution in [3.8, 4) is 0 Å². The van der Waals surface area contributed by atoms with Crippen LogP contribution < -0.4 is 0 Å². The molecule has 41 valence electrons. The zero-order chi connectivity index (χ0) is 5.70. The first-order valence-corrected chi connectivity index (χ1v) is 2.31. The van der Waals surface area contributed by atoms with Crippen molar-refractivity contribution < 1.29 is 9.53 Å². The third kappa shape index (κ3) is 5.92. The first-order valence-electron chi connectivity index (χ1n) is 1.88. The highest BCUT2D eigenvalue weighted by atomic mass is 35.5. The fourth-order valence-electron chi connectivity index (χ4n) is 0.149. The van der Waals surface area contributed by atoms with Crippen LogP contribution in [0.25, 0.3) is 0 Å². The van der Waals surface area contributed by atoms with Crippen LogP contribution in [0.5, 0.6) is 0 Å². The Kier molecular flexibility index (Phi) is 4.04. The van der Waals surface area contributed by atoms with Gasteiger partial charge in [0.15, 0.2) is 0 Å². The monoisotopic (exact) mass is 121 g/mol. The lowest BCUT2D eigenvalue weighted by Crippen LogP contribution is -2.00. The standard InChI is InChI=1S/C4H6ClO2/c1-4(5)7-3-2-6/h4H,3H2,1H3. The topological polar surface area (TPSA) is 26.3 Å². The predicted octanol–water partition coefficient (Wildman–Crippen LogP) is 0.698. The molecule has 0 saturated heterocycles. The molecule has 0 N–H and O–H groups in total. The average Bonchev–Trinajstić information content (AvgIpc) is 1.61. The number of rotatable bonds is 3. The maximum atomic E-state index is 9.40. The molecule has 1 unspecified atom stereocenters. The van der Waals surface area contributed by atoms with Crippen LogP contribution in [0.3, 0.4) is 0 Å². The fourth-order valence-corrected chi connectivity index (χ4v) is 0.212. The number of carbonyl (C=O) groups excluding carboxylic acids is 1. The van der Waals surface area contributed by atoms with Gasteiger partial charge < -0.3 is 4.74 Å². The summed E-state index contributed by atoms with van der Waals surface area (Å²) in [6.45, 7) is 1.60. The Balaban J connectivity index is 2.81. The normalized spacial score (nSPS) is 13.4. The minimum absolute atomic E-state index is 0.0370. The number of alkyl halides is 1. The molecule has 0 saturated carbocycles. The lowest BCUT2D eigenvalue weighted by molar-refractivity contribution is 0.153. The number of ether oxygens (including phenoxy) is 1. The second kappa shape index (κ2) is 4.09. The van der Waals surface area contributed by atoms with Crippen LogP contribution in [0.1, 0.15) is 6.92 Å². The van der Waals surface area contributed by atoms with E-state index in [2.05, 4.69) is 4.74 Å². The van der Waals surface area contributed by atoms with E-state index in [1.807, 2.05) is 0 Å². The molecule has 1 atom stereocenters. The zero-order valence-corrected chi connectivity index (χ0v) is 4.73. The minimum atomic E-state index is -0.388. The van der Waals surface area contributed by atoms with Gasteiger partial charge in [0.1, 0.15) is 12.2 Å². The molecule has 3 heteroatoms. The summed E-state index contributed by atoms with van der Waals surface area (Å²) in [6.07, 6.45) is 1.54. The molecule has 0 aromatic carbocycles. The molecular weight excluding hydrogens is 115 g/mol. The lowest BCUT2D eigenvalue weighted by atomic mass is 10.8. The van der Waals surface area contributed by atoms with Gasteiger partial charge in [-0.2, -0.15) is 0 Å². The van der Waals surface area contributed by atoms with Crippen LogP contribution in [-0.2, 0) is 9.53 Å². The van der Waals surface area contributed by atoms with Crippen LogP contribution >= 0.6 is 11.6 Å². The first kappa shape index (κ1) is 6.92. The van der Waals surface area contributed by atoms with Crippen molar-refractivity contribution in [1.82, 2.24) is 0 Å². The van der Waals surface area contributed by atoms with E-state index in [9.17, 15) is 4.79 Å². The highest BCUT2D eigenvalue weighted by Crippen LogP contribution is 1.92. The molecule has 0 aliphatic rings. The molecule has 0 amide bonds. The van der Waals surface area contributed by atoms with Gasteiger partial charge in [0.2, 0.25) is 6.29 Å². The molecule has 0 aliphatic carbocycles. The van der Waals surface area contributed by atoms with E-state index in [0.717, 1.165) is 0 Å². The van der Waals surface area contributed by atoms with E-state index in [4.69, 9.17) is 11.6 Å². The summed E-state index contributed by atoms with van der Waals surface area (Å²) in [4.78, 5) is 9.40. The number of hydrogen-bond donors (Lipinski definition) is 0. The van der Waals surface area contributed by atoms with E-state index in [-0.39, 0.29) is 12.2 Å². The van der Waals surface area contributed by atoms with Gasteiger partial charge in [-0.15, -0.1) is 0 Å². The van der Waals surface area contributed by atoms with E-state index in [1.54, 1.807) is 13.2 Å². The van der Waals surface area contributed by atoms with E-state index in [1.165, 1.54) is 0 Å². The van der Waals surface area contributed by atoms with Crippen molar-refractivity contribution in [3.63, 3.8) is 0 Å². The summed E-state index contributed by atoms with van der Waals surface area (Å²) in [5.41, 5.74) is -0.388. The third-order valence-electron chi connectivity index (χ3n) is 0.372. The van der Waals surface area contributed by atoms with E-state index >= 15 is 0 Å². The van der Waals surface area contributed by atoms with Crippen molar-refractivity contribution in [1.29, 1.82) is 0 Å². The van der Waals surface area contributed by atoms with Crippen LogP contribution in [-0.4, -0.2) is 18.5 Å². The van der Waals surface area contributed by atoms with E-state index < -0.39 is 0 Å². The van der Waals surface area contributed by atoms with Gasteiger partial charge in [0, 0.05) is 0 Å². The highest BCUT2D eigenvalue weighted by molar-refractivity contribution is 6.19. The van der Waals surface area contributed by atoms with Crippen LogP contribution in [0.2, 0.25) is 0 Å². The quantitative estimate of drug-likeness (QED) is 0.514. The Morgan fingerprint density at radius 3 is 2.71 bits per heavy atom. The molecule has 0 fully saturated rings. The summed E-state index contributed by atoms with van der Waals surface area (Å²) in [5, 5.41) is 0. The van der Waals surface area contributed by atoms with Crippen molar-refractivity contribution in [2.75, 3.05) is 6.61 Å². The van der Waals surface area contributed by atoms with Gasteiger partial charge in [-0.3, -0.25) is 4.79 Å². The second-order valence-electron chi connectivity index (χ2n) is 0.998. The van der Waals surface area contributed by atoms with Gasteiger partial charge in [-0.25, -0.2) is 0 Å². The van der Waals surface area contributed by atoms with Crippen molar-refractivity contribution in [2.45, 2.75) is 12.5 Å². The van der Waals surface area contributed by atoms with Crippen molar-refractivity contribution in [2.24, 2.45) is 0 Å². The maximum absolute atomic E-state index is 9.40. The molecular formula is C4H6ClO2. The molecule has 1 radical (unpaired) electrons.